The van der Waals surface area contributed by atoms with E-state index in [1.165, 1.54) is 6.42 Å². The molecule has 0 unspecified atom stereocenters. The van der Waals surface area contributed by atoms with Crippen molar-refractivity contribution >= 4 is 25.2 Å². The Morgan fingerprint density at radius 1 is 1.10 bits per heavy atom. The van der Waals surface area contributed by atoms with E-state index in [1.54, 1.807) is 0 Å². The highest BCUT2D eigenvalue weighted by Gasteiger charge is 2.19. The Balaban J connectivity index is 0. The molecule has 0 aromatic carbocycles. The van der Waals surface area contributed by atoms with Gasteiger partial charge in [0.15, 0.2) is 5.11 Å². The van der Waals surface area contributed by atoms with Gasteiger partial charge in [0.05, 0.1) is 13.2 Å². The van der Waals surface area contributed by atoms with Gasteiger partial charge < -0.3 is 15.9 Å². The molecule has 0 radical (unpaired) electrons. The Morgan fingerprint density at radius 3 is 1.86 bits per heavy atom. The quantitative estimate of drug-likeness (QED) is 0.301. The van der Waals surface area contributed by atoms with E-state index in [1.807, 2.05) is 13.8 Å². The fourth-order valence-corrected chi connectivity index (χ4v) is 1.97. The third-order valence-corrected chi connectivity index (χ3v) is 3.50. The van der Waals surface area contributed by atoms with Crippen molar-refractivity contribution in [2.75, 3.05) is 19.8 Å². The second-order valence-corrected chi connectivity index (χ2v) is 6.38. The van der Waals surface area contributed by atoms with E-state index in [4.69, 9.17) is 19.7 Å². The topological polar surface area (TPSA) is 93.8 Å². The molecule has 0 aromatic rings. The van der Waals surface area contributed by atoms with Crippen molar-refractivity contribution in [3.63, 3.8) is 0 Å². The molecule has 0 aliphatic carbocycles. The van der Waals surface area contributed by atoms with Gasteiger partial charge in [-0.15, -0.1) is 0 Å². The largest absolute Gasteiger partial charge is 0.472 e. The molecule has 4 N–H and O–H groups in total. The average molecular weight is 342 g/mol. The highest BCUT2D eigenvalue weighted by Crippen LogP contribution is 2.43. The number of nitrogens with one attached hydrogen (secondary N) is 1. The van der Waals surface area contributed by atoms with E-state index in [-0.39, 0.29) is 13.2 Å². The van der Waals surface area contributed by atoms with Crippen molar-refractivity contribution < 1.29 is 18.5 Å². The maximum atomic E-state index is 11.1. The van der Waals surface area contributed by atoms with E-state index in [0.29, 0.717) is 5.11 Å². The second-order valence-electron chi connectivity index (χ2n) is 4.49. The molecule has 0 aliphatic heterocycles. The molecular formula is C13H31N2O4PS. The molecule has 0 rings (SSSR count). The minimum atomic E-state index is -3.75. The lowest BCUT2D eigenvalue weighted by Gasteiger charge is -2.10. The van der Waals surface area contributed by atoms with Crippen LogP contribution in [0.25, 0.3) is 0 Å². The zero-order valence-corrected chi connectivity index (χ0v) is 15.2. The van der Waals surface area contributed by atoms with Crippen LogP contribution in [0.15, 0.2) is 0 Å². The predicted molar refractivity (Wildman–Crippen MR) is 91.2 cm³/mol. The maximum absolute atomic E-state index is 11.1. The highest BCUT2D eigenvalue weighted by atomic mass is 32.1. The van der Waals surface area contributed by atoms with E-state index < -0.39 is 7.82 Å². The predicted octanol–water partition coefficient (Wildman–Crippen LogP) is 3.34. The summed E-state index contributed by atoms with van der Waals surface area (Å²) in [4.78, 5) is 9.08. The highest BCUT2D eigenvalue weighted by molar-refractivity contribution is 7.80. The van der Waals surface area contributed by atoms with Crippen molar-refractivity contribution in [3.05, 3.63) is 0 Å². The van der Waals surface area contributed by atoms with Gasteiger partial charge in [0.2, 0.25) is 0 Å². The van der Waals surface area contributed by atoms with Gasteiger partial charge in [-0.05, 0) is 31.5 Å². The molecule has 128 valence electrons. The molecule has 0 heterocycles. The van der Waals surface area contributed by atoms with Crippen LogP contribution in [-0.2, 0) is 13.6 Å². The van der Waals surface area contributed by atoms with Crippen LogP contribution in [0.4, 0.5) is 0 Å². The molecule has 0 atom stereocenters. The molecule has 0 aromatic heterocycles. The number of phosphoric acid groups is 1. The lowest BCUT2D eigenvalue weighted by molar-refractivity contribution is 0.146. The summed E-state index contributed by atoms with van der Waals surface area (Å²) in [5.74, 6) is 0. The SMILES string of the molecule is CCCCNC(N)=S.CCCCOP(=O)(O)OCCCC. The summed E-state index contributed by atoms with van der Waals surface area (Å²) < 4.78 is 20.5. The summed E-state index contributed by atoms with van der Waals surface area (Å²) in [5.41, 5.74) is 5.15. The number of rotatable bonds is 11. The zero-order valence-electron chi connectivity index (χ0n) is 13.5. The maximum Gasteiger partial charge on any atom is 0.472 e. The van der Waals surface area contributed by atoms with E-state index in [2.05, 4.69) is 24.5 Å². The number of phosphoric ester groups is 1. The number of unbranched alkanes of at least 4 members (excludes halogenated alkanes) is 3. The summed E-state index contributed by atoms with van der Waals surface area (Å²) in [6, 6.07) is 0. The summed E-state index contributed by atoms with van der Waals surface area (Å²) in [7, 11) is -3.75. The van der Waals surface area contributed by atoms with Gasteiger partial charge in [0.1, 0.15) is 0 Å². The molecule has 0 saturated heterocycles. The van der Waals surface area contributed by atoms with Gasteiger partial charge in [-0.25, -0.2) is 4.57 Å². The van der Waals surface area contributed by atoms with Gasteiger partial charge in [0, 0.05) is 6.54 Å². The number of nitrogens with two attached hydrogens (primary N) is 1. The first-order chi connectivity index (χ1) is 9.89. The second kappa shape index (κ2) is 16.2. The van der Waals surface area contributed by atoms with E-state index >= 15 is 0 Å². The Labute approximate surface area is 134 Å². The molecule has 6 nitrogen and oxygen atoms in total. The Kier molecular flexibility index (Phi) is 17.8. The van der Waals surface area contributed by atoms with Crippen LogP contribution in [0.1, 0.15) is 59.3 Å². The van der Waals surface area contributed by atoms with Gasteiger partial charge in [-0.3, -0.25) is 9.05 Å². The van der Waals surface area contributed by atoms with Crippen molar-refractivity contribution in [1.29, 1.82) is 0 Å². The molecule has 0 spiro atoms. The number of hydrogen-bond acceptors (Lipinski definition) is 4. The minimum Gasteiger partial charge on any atom is -0.376 e. The van der Waals surface area contributed by atoms with Crippen LogP contribution in [0.3, 0.4) is 0 Å². The fraction of sp³-hybridized carbons (Fsp3) is 0.923. The fourth-order valence-electron chi connectivity index (χ4n) is 1.07. The lowest BCUT2D eigenvalue weighted by atomic mass is 10.3. The standard InChI is InChI=1S/C8H19O4P.C5H12N2S/c1-3-5-7-11-13(9,10)12-8-6-4-2;1-2-3-4-7-5(6)8/h3-8H2,1-2H3,(H,9,10);2-4H2,1H3,(H3,6,7,8). The molecule has 0 saturated carbocycles. The third-order valence-electron chi connectivity index (χ3n) is 2.33. The monoisotopic (exact) mass is 342 g/mol. The van der Waals surface area contributed by atoms with Crippen molar-refractivity contribution in [2.24, 2.45) is 5.73 Å². The Hall–Kier alpha value is -0.200. The van der Waals surface area contributed by atoms with Crippen LogP contribution in [-0.4, -0.2) is 29.8 Å². The van der Waals surface area contributed by atoms with Crippen LogP contribution < -0.4 is 11.1 Å². The van der Waals surface area contributed by atoms with Crippen LogP contribution in [0, 0.1) is 0 Å². The van der Waals surface area contributed by atoms with E-state index in [0.717, 1.165) is 38.6 Å². The molecule has 0 aliphatic rings. The van der Waals surface area contributed by atoms with Crippen LogP contribution in [0.2, 0.25) is 0 Å². The van der Waals surface area contributed by atoms with Crippen LogP contribution in [0.5, 0.6) is 0 Å². The third kappa shape index (κ3) is 22.2. The van der Waals surface area contributed by atoms with Gasteiger partial charge in [-0.2, -0.15) is 0 Å². The Bertz CT molecular complexity index is 279. The first kappa shape index (κ1) is 23.1. The van der Waals surface area contributed by atoms with Crippen LogP contribution >= 0.6 is 20.0 Å². The molecule has 21 heavy (non-hydrogen) atoms. The molecule has 0 bridgehead atoms. The average Bonchev–Trinajstić information content (AvgIpc) is 2.40. The van der Waals surface area contributed by atoms with Crippen molar-refractivity contribution in [1.82, 2.24) is 5.32 Å². The summed E-state index contributed by atoms with van der Waals surface area (Å²) in [6.07, 6.45) is 5.75. The van der Waals surface area contributed by atoms with E-state index in [9.17, 15) is 4.57 Å². The van der Waals surface area contributed by atoms with Gasteiger partial charge in [-0.1, -0.05) is 40.0 Å². The molecule has 0 amide bonds. The number of thiocarbonyl (C=S) groups is 1. The number of hydrogen-bond donors (Lipinski definition) is 3. The molecule has 8 heteroatoms. The first-order valence-electron chi connectivity index (χ1n) is 7.54. The van der Waals surface area contributed by atoms with Crippen molar-refractivity contribution in [3.8, 4) is 0 Å². The summed E-state index contributed by atoms with van der Waals surface area (Å²) >= 11 is 4.58. The zero-order chi connectivity index (χ0) is 16.6. The molecule has 0 fully saturated rings. The summed E-state index contributed by atoms with van der Waals surface area (Å²) in [5, 5.41) is 3.26. The van der Waals surface area contributed by atoms with Gasteiger partial charge >= 0.3 is 7.82 Å². The summed E-state index contributed by atoms with van der Waals surface area (Å²) in [6.45, 7) is 7.59. The first-order valence-corrected chi connectivity index (χ1v) is 9.45. The smallest absolute Gasteiger partial charge is 0.376 e. The Morgan fingerprint density at radius 2 is 1.52 bits per heavy atom. The van der Waals surface area contributed by atoms with Crippen molar-refractivity contribution in [2.45, 2.75) is 59.3 Å². The molecular weight excluding hydrogens is 311 g/mol. The van der Waals surface area contributed by atoms with Gasteiger partial charge in [0.25, 0.3) is 0 Å². The minimum absolute atomic E-state index is 0.288. The lowest BCUT2D eigenvalue weighted by Crippen LogP contribution is -2.29. The normalized spacial score (nSPS) is 10.7.